The van der Waals surface area contributed by atoms with Gasteiger partial charge in [0.15, 0.2) is 0 Å². The van der Waals surface area contributed by atoms with Crippen LogP contribution >= 0.6 is 0 Å². The molecule has 0 unspecified atom stereocenters. The Bertz CT molecular complexity index is 1360. The van der Waals surface area contributed by atoms with Crippen molar-refractivity contribution in [1.82, 2.24) is 20.1 Å². The number of hydrogen-bond donors (Lipinski definition) is 2. The van der Waals surface area contributed by atoms with E-state index in [1.165, 1.54) is 18.2 Å². The minimum absolute atomic E-state index is 0.0859. The molecule has 3 aromatic rings. The van der Waals surface area contributed by atoms with Crippen LogP contribution in [0.3, 0.4) is 0 Å². The monoisotopic (exact) mass is 539 g/mol. The Hall–Kier alpha value is -3.15. The lowest BCUT2D eigenvalue weighted by Gasteiger charge is -2.29. The van der Waals surface area contributed by atoms with Crippen molar-refractivity contribution in [2.24, 2.45) is 4.99 Å². The maximum absolute atomic E-state index is 14.9. The first-order chi connectivity index (χ1) is 18.1. The standard InChI is InChI=1S/C27H35F2N7OSi/c1-17-24-19(15-22(31-17)35-11-9-30-10-12-35)26-25(18(2)34-36(26)16-37-13-14-38(3,4)5)33-27(32-24)23-20(28)7-6-8-21(23)29/h6-8,15,30H,9-14,16H2,1-5H3,(H,32,33). The number of fused-ring (bicyclic) bond motifs is 3. The number of aromatic nitrogens is 3. The molecule has 0 aliphatic carbocycles. The zero-order valence-corrected chi connectivity index (χ0v) is 23.7. The van der Waals surface area contributed by atoms with Crippen LogP contribution in [-0.2, 0) is 11.5 Å². The van der Waals surface area contributed by atoms with Gasteiger partial charge in [-0.05, 0) is 38.1 Å². The van der Waals surface area contributed by atoms with Gasteiger partial charge in [0.1, 0.15) is 30.0 Å². The molecule has 2 N–H and O–H groups in total. The molecule has 2 aliphatic rings. The van der Waals surface area contributed by atoms with E-state index >= 15 is 0 Å². The molecular weight excluding hydrogens is 504 g/mol. The molecule has 0 spiro atoms. The number of aryl methyl sites for hydroxylation is 2. The Labute approximate surface area is 223 Å². The van der Waals surface area contributed by atoms with Crippen LogP contribution in [0.2, 0.25) is 25.7 Å². The van der Waals surface area contributed by atoms with E-state index in [2.05, 4.69) is 35.2 Å². The minimum Gasteiger partial charge on any atom is -0.360 e. The Morgan fingerprint density at radius 3 is 2.45 bits per heavy atom. The van der Waals surface area contributed by atoms with Crippen molar-refractivity contribution in [3.05, 3.63) is 52.9 Å². The van der Waals surface area contributed by atoms with E-state index in [0.717, 1.165) is 49.3 Å². The molecule has 0 radical (unpaired) electrons. The summed E-state index contributed by atoms with van der Waals surface area (Å²) in [5.41, 5.74) is 3.91. The highest BCUT2D eigenvalue weighted by molar-refractivity contribution is 6.76. The molecule has 0 bridgehead atoms. The fourth-order valence-corrected chi connectivity index (χ4v) is 5.51. The van der Waals surface area contributed by atoms with Crippen molar-refractivity contribution in [1.29, 1.82) is 0 Å². The number of halogens is 2. The van der Waals surface area contributed by atoms with Crippen molar-refractivity contribution < 1.29 is 13.5 Å². The summed E-state index contributed by atoms with van der Waals surface area (Å²) in [6.45, 7) is 15.0. The van der Waals surface area contributed by atoms with Crippen LogP contribution in [-0.4, -0.2) is 61.5 Å². The van der Waals surface area contributed by atoms with Gasteiger partial charge in [0.25, 0.3) is 0 Å². The summed E-state index contributed by atoms with van der Waals surface area (Å²) in [4.78, 5) is 11.9. The van der Waals surface area contributed by atoms with Gasteiger partial charge in [-0.15, -0.1) is 0 Å². The number of aliphatic imine (C=N–C) groups is 1. The van der Waals surface area contributed by atoms with Crippen molar-refractivity contribution >= 4 is 31.1 Å². The number of rotatable bonds is 7. The molecule has 11 heteroatoms. The lowest BCUT2D eigenvalue weighted by molar-refractivity contribution is 0.0796. The first-order valence-corrected chi connectivity index (χ1v) is 16.8. The first-order valence-electron chi connectivity index (χ1n) is 13.1. The van der Waals surface area contributed by atoms with Crippen molar-refractivity contribution in [3.63, 3.8) is 0 Å². The Morgan fingerprint density at radius 2 is 1.76 bits per heavy atom. The summed E-state index contributed by atoms with van der Waals surface area (Å²) >= 11 is 0. The molecule has 4 heterocycles. The summed E-state index contributed by atoms with van der Waals surface area (Å²) in [6, 6.07) is 6.86. The third-order valence-electron chi connectivity index (χ3n) is 6.85. The van der Waals surface area contributed by atoms with Gasteiger partial charge in [0, 0.05) is 46.4 Å². The average Bonchev–Trinajstić information content (AvgIpc) is 3.06. The Kier molecular flexibility index (Phi) is 7.34. The fourth-order valence-electron chi connectivity index (χ4n) is 4.76. The van der Waals surface area contributed by atoms with Crippen LogP contribution in [0.5, 0.6) is 0 Å². The van der Waals surface area contributed by atoms with Crippen LogP contribution in [0, 0.1) is 25.5 Å². The first kappa shape index (κ1) is 26.5. The average molecular weight is 540 g/mol. The van der Waals surface area contributed by atoms with E-state index < -0.39 is 19.7 Å². The van der Waals surface area contributed by atoms with Crippen LogP contribution in [0.4, 0.5) is 26.0 Å². The topological polar surface area (TPSA) is 79.6 Å². The molecule has 0 saturated carbocycles. The molecule has 2 aliphatic heterocycles. The summed E-state index contributed by atoms with van der Waals surface area (Å²) in [5.74, 6) is -0.453. The molecule has 5 rings (SSSR count). The SMILES string of the molecule is Cc1nc(N2CCNCC2)cc2c1N=C(c1c(F)cccc1F)Nc1c(C)nn(COCC[Si](C)(C)C)c1-2. The number of amidine groups is 1. The number of benzene rings is 1. The number of pyridine rings is 1. The second-order valence-corrected chi connectivity index (χ2v) is 16.7. The number of nitrogens with one attached hydrogen (secondary N) is 2. The highest BCUT2D eigenvalue weighted by Gasteiger charge is 2.29. The third-order valence-corrected chi connectivity index (χ3v) is 8.56. The summed E-state index contributed by atoms with van der Waals surface area (Å²) in [5, 5.41) is 11.4. The molecule has 2 aromatic heterocycles. The minimum atomic E-state index is -1.25. The van der Waals surface area contributed by atoms with Crippen LogP contribution < -0.4 is 15.5 Å². The molecule has 1 saturated heterocycles. The Balaban J connectivity index is 1.64. The van der Waals surface area contributed by atoms with Gasteiger partial charge in [-0.25, -0.2) is 23.4 Å². The lowest BCUT2D eigenvalue weighted by Crippen LogP contribution is -2.43. The number of anilines is 2. The van der Waals surface area contributed by atoms with E-state index in [4.69, 9.17) is 19.8 Å². The molecule has 0 amide bonds. The third kappa shape index (κ3) is 5.36. The molecule has 8 nitrogen and oxygen atoms in total. The largest absolute Gasteiger partial charge is 0.360 e. The number of piperazine rings is 1. The number of hydrogen-bond acceptors (Lipinski definition) is 7. The smallest absolute Gasteiger partial charge is 0.144 e. The second kappa shape index (κ2) is 10.5. The highest BCUT2D eigenvalue weighted by Crippen LogP contribution is 2.43. The highest BCUT2D eigenvalue weighted by atomic mass is 28.3. The molecule has 1 aromatic carbocycles. The molecule has 202 valence electrons. The fraction of sp³-hybridized carbons (Fsp3) is 0.444. The predicted octanol–water partition coefficient (Wildman–Crippen LogP) is 5.07. The van der Waals surface area contributed by atoms with Gasteiger partial charge in [0.05, 0.1) is 34.0 Å². The van der Waals surface area contributed by atoms with E-state index in [1.807, 2.05) is 24.6 Å². The summed E-state index contributed by atoms with van der Waals surface area (Å²) in [7, 11) is -1.25. The van der Waals surface area contributed by atoms with E-state index in [9.17, 15) is 8.78 Å². The second-order valence-electron chi connectivity index (χ2n) is 11.0. The number of ether oxygens (including phenoxy) is 1. The zero-order valence-electron chi connectivity index (χ0n) is 22.7. The quantitative estimate of drug-likeness (QED) is 0.323. The normalized spacial score (nSPS) is 15.4. The van der Waals surface area contributed by atoms with Gasteiger partial charge in [-0.1, -0.05) is 25.7 Å². The van der Waals surface area contributed by atoms with Crippen LogP contribution in [0.15, 0.2) is 29.3 Å². The number of nitrogens with zero attached hydrogens (tertiary/aromatic N) is 5. The van der Waals surface area contributed by atoms with E-state index in [-0.39, 0.29) is 18.1 Å². The van der Waals surface area contributed by atoms with Gasteiger partial charge < -0.3 is 20.3 Å². The van der Waals surface area contributed by atoms with Gasteiger partial charge in [-0.2, -0.15) is 5.10 Å². The maximum Gasteiger partial charge on any atom is 0.144 e. The summed E-state index contributed by atoms with van der Waals surface area (Å²) in [6.07, 6.45) is 0. The molecule has 1 fully saturated rings. The van der Waals surface area contributed by atoms with Gasteiger partial charge in [0.2, 0.25) is 0 Å². The van der Waals surface area contributed by atoms with Gasteiger partial charge >= 0.3 is 0 Å². The predicted molar refractivity (Wildman–Crippen MR) is 150 cm³/mol. The van der Waals surface area contributed by atoms with E-state index in [1.54, 1.807) is 0 Å². The molecular formula is C27H35F2N7OSi. The van der Waals surface area contributed by atoms with Crippen LogP contribution in [0.1, 0.15) is 17.0 Å². The summed E-state index contributed by atoms with van der Waals surface area (Å²) < 4.78 is 37.7. The van der Waals surface area contributed by atoms with Crippen molar-refractivity contribution in [3.8, 4) is 11.3 Å². The Morgan fingerprint density at radius 1 is 1.05 bits per heavy atom. The molecule has 38 heavy (non-hydrogen) atoms. The molecule has 0 atom stereocenters. The van der Waals surface area contributed by atoms with Crippen LogP contribution in [0.25, 0.3) is 11.3 Å². The van der Waals surface area contributed by atoms with Gasteiger partial charge in [-0.3, -0.25) is 0 Å². The maximum atomic E-state index is 14.9. The van der Waals surface area contributed by atoms with E-state index in [0.29, 0.717) is 29.4 Å². The van der Waals surface area contributed by atoms with Crippen molar-refractivity contribution in [2.75, 3.05) is 43.0 Å². The van der Waals surface area contributed by atoms with Crippen molar-refractivity contribution in [2.45, 2.75) is 46.3 Å². The lowest BCUT2D eigenvalue weighted by atomic mass is 10.1. The zero-order chi connectivity index (χ0) is 27.0.